The normalized spacial score (nSPS) is 11.1. The summed E-state index contributed by atoms with van der Waals surface area (Å²) < 4.78 is 6.96. The van der Waals surface area contributed by atoms with Crippen molar-refractivity contribution in [2.24, 2.45) is 0 Å². The molecule has 0 aliphatic carbocycles. The van der Waals surface area contributed by atoms with Gasteiger partial charge in [-0.15, -0.1) is 5.10 Å². The largest absolute Gasteiger partial charge is 0.429 e. The summed E-state index contributed by atoms with van der Waals surface area (Å²) in [7, 11) is 0. The van der Waals surface area contributed by atoms with Crippen molar-refractivity contribution in [3.05, 3.63) is 33.2 Å². The number of rotatable bonds is 7. The third-order valence-corrected chi connectivity index (χ3v) is 4.24. The molecular formula is C15H20BrN3OS. The fourth-order valence-corrected chi connectivity index (χ4v) is 2.93. The number of benzene rings is 1. The first kappa shape index (κ1) is 16.4. The zero-order valence-electron chi connectivity index (χ0n) is 12.5. The van der Waals surface area contributed by atoms with E-state index in [-0.39, 0.29) is 0 Å². The molecule has 1 N–H and O–H groups in total. The molecule has 0 aliphatic rings. The SMILES string of the molecule is CCCNCc1nnc(Oc2ccc(Br)cc2C(C)C)s1. The van der Waals surface area contributed by atoms with E-state index in [0.717, 1.165) is 40.3 Å². The fraction of sp³-hybridized carbons (Fsp3) is 0.467. The van der Waals surface area contributed by atoms with Crippen molar-refractivity contribution in [2.75, 3.05) is 6.54 Å². The zero-order chi connectivity index (χ0) is 15.2. The molecule has 0 saturated carbocycles. The second-order valence-corrected chi connectivity index (χ2v) is 7.02. The molecule has 4 nitrogen and oxygen atoms in total. The third kappa shape index (κ3) is 4.76. The molecule has 0 spiro atoms. The second-order valence-electron chi connectivity index (χ2n) is 5.08. The van der Waals surface area contributed by atoms with Gasteiger partial charge in [-0.05, 0) is 42.6 Å². The highest BCUT2D eigenvalue weighted by Gasteiger charge is 2.12. The number of nitrogens with one attached hydrogen (secondary N) is 1. The van der Waals surface area contributed by atoms with Gasteiger partial charge in [-0.3, -0.25) is 0 Å². The maximum absolute atomic E-state index is 5.91. The van der Waals surface area contributed by atoms with Crippen LogP contribution in [0.25, 0.3) is 0 Å². The van der Waals surface area contributed by atoms with Crippen molar-refractivity contribution in [1.82, 2.24) is 15.5 Å². The van der Waals surface area contributed by atoms with Gasteiger partial charge < -0.3 is 10.1 Å². The van der Waals surface area contributed by atoms with Crippen LogP contribution in [0.15, 0.2) is 22.7 Å². The minimum Gasteiger partial charge on any atom is -0.429 e. The Morgan fingerprint density at radius 3 is 2.86 bits per heavy atom. The summed E-state index contributed by atoms with van der Waals surface area (Å²) >= 11 is 4.98. The average Bonchev–Trinajstić information content (AvgIpc) is 2.88. The van der Waals surface area contributed by atoms with Gasteiger partial charge in [0.25, 0.3) is 5.19 Å². The molecule has 2 rings (SSSR count). The van der Waals surface area contributed by atoms with Gasteiger partial charge in [0.15, 0.2) is 0 Å². The third-order valence-electron chi connectivity index (χ3n) is 2.94. The molecule has 0 aliphatic heterocycles. The summed E-state index contributed by atoms with van der Waals surface area (Å²) in [6, 6.07) is 6.03. The van der Waals surface area contributed by atoms with Gasteiger partial charge in [-0.1, -0.05) is 53.1 Å². The van der Waals surface area contributed by atoms with Gasteiger partial charge in [0.2, 0.25) is 0 Å². The van der Waals surface area contributed by atoms with Gasteiger partial charge >= 0.3 is 0 Å². The van der Waals surface area contributed by atoms with Crippen LogP contribution in [-0.4, -0.2) is 16.7 Å². The second kappa shape index (κ2) is 7.87. The Morgan fingerprint density at radius 2 is 2.14 bits per heavy atom. The van der Waals surface area contributed by atoms with Crippen LogP contribution in [0.3, 0.4) is 0 Å². The number of aromatic nitrogens is 2. The van der Waals surface area contributed by atoms with E-state index >= 15 is 0 Å². The minimum atomic E-state index is 0.385. The molecule has 1 aromatic heterocycles. The molecule has 0 bridgehead atoms. The average molecular weight is 370 g/mol. The lowest BCUT2D eigenvalue weighted by Gasteiger charge is -2.12. The van der Waals surface area contributed by atoms with Crippen LogP contribution in [-0.2, 0) is 6.54 Å². The Morgan fingerprint density at radius 1 is 1.33 bits per heavy atom. The van der Waals surface area contributed by atoms with Crippen LogP contribution >= 0.6 is 27.3 Å². The van der Waals surface area contributed by atoms with Crippen molar-refractivity contribution < 1.29 is 4.74 Å². The van der Waals surface area contributed by atoms with Crippen LogP contribution in [0.1, 0.15) is 43.7 Å². The molecule has 21 heavy (non-hydrogen) atoms. The molecular weight excluding hydrogens is 350 g/mol. The van der Waals surface area contributed by atoms with E-state index in [2.05, 4.69) is 58.3 Å². The number of halogens is 1. The van der Waals surface area contributed by atoms with E-state index < -0.39 is 0 Å². The van der Waals surface area contributed by atoms with E-state index in [9.17, 15) is 0 Å². The Balaban J connectivity index is 2.08. The molecule has 0 fully saturated rings. The molecule has 6 heteroatoms. The first-order chi connectivity index (χ1) is 10.1. The van der Waals surface area contributed by atoms with Gasteiger partial charge in [0.1, 0.15) is 10.8 Å². The molecule has 2 aromatic rings. The quantitative estimate of drug-likeness (QED) is 0.717. The Hall–Kier alpha value is -0.980. The standard InChI is InChI=1S/C15H20BrN3OS/c1-4-7-17-9-14-18-19-15(21-14)20-13-6-5-11(16)8-12(13)10(2)3/h5-6,8,10,17H,4,7,9H2,1-3H3. The van der Waals surface area contributed by atoms with Crippen molar-refractivity contribution in [3.63, 3.8) is 0 Å². The van der Waals surface area contributed by atoms with Crippen molar-refractivity contribution in [1.29, 1.82) is 0 Å². The molecule has 0 saturated heterocycles. The van der Waals surface area contributed by atoms with Crippen molar-refractivity contribution in [3.8, 4) is 10.9 Å². The lowest BCUT2D eigenvalue weighted by atomic mass is 10.0. The summed E-state index contributed by atoms with van der Waals surface area (Å²) in [6.45, 7) is 8.17. The van der Waals surface area contributed by atoms with E-state index in [1.807, 2.05) is 12.1 Å². The lowest BCUT2D eigenvalue weighted by molar-refractivity contribution is 0.464. The highest BCUT2D eigenvalue weighted by molar-refractivity contribution is 9.10. The van der Waals surface area contributed by atoms with Crippen molar-refractivity contribution >= 4 is 27.3 Å². The molecule has 0 radical (unpaired) electrons. The van der Waals surface area contributed by atoms with Crippen LogP contribution in [0.4, 0.5) is 0 Å². The van der Waals surface area contributed by atoms with Gasteiger partial charge in [-0.2, -0.15) is 0 Å². The minimum absolute atomic E-state index is 0.385. The smallest absolute Gasteiger partial charge is 0.299 e. The first-order valence-corrected chi connectivity index (χ1v) is 8.71. The van der Waals surface area contributed by atoms with Gasteiger partial charge in [0, 0.05) is 11.0 Å². The first-order valence-electron chi connectivity index (χ1n) is 7.10. The molecule has 114 valence electrons. The molecule has 1 aromatic carbocycles. The maximum atomic E-state index is 5.91. The summed E-state index contributed by atoms with van der Waals surface area (Å²) in [5.41, 5.74) is 1.16. The molecule has 0 amide bonds. The highest BCUT2D eigenvalue weighted by Crippen LogP contribution is 2.33. The molecule has 0 unspecified atom stereocenters. The van der Waals surface area contributed by atoms with Crippen LogP contribution in [0.5, 0.6) is 10.9 Å². The number of hydrogen-bond donors (Lipinski definition) is 1. The zero-order valence-corrected chi connectivity index (χ0v) is 14.9. The number of ether oxygens (including phenoxy) is 1. The molecule has 0 atom stereocenters. The summed E-state index contributed by atoms with van der Waals surface area (Å²) in [4.78, 5) is 0. The van der Waals surface area contributed by atoms with Crippen molar-refractivity contribution in [2.45, 2.75) is 39.7 Å². The summed E-state index contributed by atoms with van der Waals surface area (Å²) in [5, 5.41) is 13.1. The Bertz CT molecular complexity index is 586. The monoisotopic (exact) mass is 369 g/mol. The van der Waals surface area contributed by atoms with E-state index in [1.165, 1.54) is 11.3 Å². The van der Waals surface area contributed by atoms with E-state index in [1.54, 1.807) is 0 Å². The highest BCUT2D eigenvalue weighted by atomic mass is 79.9. The predicted molar refractivity (Wildman–Crippen MR) is 90.2 cm³/mol. The maximum Gasteiger partial charge on any atom is 0.299 e. The van der Waals surface area contributed by atoms with Gasteiger partial charge in [-0.25, -0.2) is 0 Å². The molecule has 1 heterocycles. The predicted octanol–water partition coefficient (Wildman–Crippen LogP) is 4.72. The van der Waals surface area contributed by atoms with Gasteiger partial charge in [0.05, 0.1) is 0 Å². The Kier molecular flexibility index (Phi) is 6.14. The number of hydrogen-bond acceptors (Lipinski definition) is 5. The lowest BCUT2D eigenvalue weighted by Crippen LogP contribution is -2.13. The summed E-state index contributed by atoms with van der Waals surface area (Å²) in [6.07, 6.45) is 1.11. The summed E-state index contributed by atoms with van der Waals surface area (Å²) in [5.74, 6) is 1.23. The topological polar surface area (TPSA) is 47.0 Å². The van der Waals surface area contributed by atoms with Crippen LogP contribution in [0, 0.1) is 0 Å². The van der Waals surface area contributed by atoms with Crippen LogP contribution in [0.2, 0.25) is 0 Å². The number of nitrogens with zero attached hydrogens (tertiary/aromatic N) is 2. The van der Waals surface area contributed by atoms with E-state index in [4.69, 9.17) is 4.74 Å². The Labute approximate surface area is 138 Å². The fourth-order valence-electron chi connectivity index (χ4n) is 1.88. The van der Waals surface area contributed by atoms with E-state index in [0.29, 0.717) is 11.1 Å². The van der Waals surface area contributed by atoms with Crippen LogP contribution < -0.4 is 10.1 Å².